The lowest BCUT2D eigenvalue weighted by atomic mass is 10.4. The van der Waals surface area contributed by atoms with Gasteiger partial charge in [0.25, 0.3) is 0 Å². The maximum absolute atomic E-state index is 11.4. The molecule has 0 bridgehead atoms. The van der Waals surface area contributed by atoms with E-state index in [-0.39, 0.29) is 12.3 Å². The fourth-order valence-electron chi connectivity index (χ4n) is 0.939. The van der Waals surface area contributed by atoms with Crippen molar-refractivity contribution >= 4 is 5.97 Å². The van der Waals surface area contributed by atoms with Crippen molar-refractivity contribution < 1.29 is 14.1 Å². The molecule has 0 spiro atoms. The van der Waals surface area contributed by atoms with Crippen LogP contribution in [0, 0.1) is 0 Å². The van der Waals surface area contributed by atoms with Gasteiger partial charge in [-0.15, -0.1) is 0 Å². The van der Waals surface area contributed by atoms with Gasteiger partial charge >= 0.3 is 5.97 Å². The Hall–Kier alpha value is -2.24. The minimum Gasteiger partial charge on any atom is -0.453 e. The van der Waals surface area contributed by atoms with E-state index in [2.05, 4.69) is 15.1 Å². The SMILES string of the molecule is O=C(OCc1ccno1)c1ccncn1. The summed E-state index contributed by atoms with van der Waals surface area (Å²) in [5.74, 6) is -0.0359. The largest absolute Gasteiger partial charge is 0.453 e. The Kier molecular flexibility index (Phi) is 2.68. The van der Waals surface area contributed by atoms with E-state index in [1.807, 2.05) is 0 Å². The third kappa shape index (κ3) is 2.37. The Morgan fingerprint density at radius 1 is 1.40 bits per heavy atom. The van der Waals surface area contributed by atoms with Gasteiger partial charge in [0.15, 0.2) is 18.1 Å². The molecule has 0 atom stereocenters. The summed E-state index contributed by atoms with van der Waals surface area (Å²) in [6, 6.07) is 3.09. The van der Waals surface area contributed by atoms with E-state index in [0.717, 1.165) is 0 Å². The fourth-order valence-corrected chi connectivity index (χ4v) is 0.939. The molecule has 0 aliphatic rings. The number of hydrogen-bond acceptors (Lipinski definition) is 6. The molecule has 0 amide bonds. The van der Waals surface area contributed by atoms with Crippen LogP contribution in [0.3, 0.4) is 0 Å². The molecular formula is C9H7N3O3. The van der Waals surface area contributed by atoms with Crippen molar-refractivity contribution in [2.24, 2.45) is 0 Å². The van der Waals surface area contributed by atoms with Crippen LogP contribution >= 0.6 is 0 Å². The van der Waals surface area contributed by atoms with E-state index in [1.165, 1.54) is 24.8 Å². The molecule has 15 heavy (non-hydrogen) atoms. The predicted molar refractivity (Wildman–Crippen MR) is 47.7 cm³/mol. The third-order valence-electron chi connectivity index (χ3n) is 1.63. The highest BCUT2D eigenvalue weighted by molar-refractivity contribution is 5.86. The molecule has 0 saturated carbocycles. The van der Waals surface area contributed by atoms with Gasteiger partial charge in [-0.05, 0) is 6.07 Å². The second kappa shape index (κ2) is 4.32. The molecular weight excluding hydrogens is 198 g/mol. The summed E-state index contributed by atoms with van der Waals surface area (Å²) < 4.78 is 9.67. The van der Waals surface area contributed by atoms with Crippen LogP contribution in [-0.2, 0) is 11.3 Å². The van der Waals surface area contributed by atoms with Gasteiger partial charge in [0.2, 0.25) is 0 Å². The number of esters is 1. The Morgan fingerprint density at radius 3 is 3.00 bits per heavy atom. The molecule has 2 heterocycles. The zero-order valence-corrected chi connectivity index (χ0v) is 7.66. The van der Waals surface area contributed by atoms with Gasteiger partial charge in [-0.25, -0.2) is 14.8 Å². The maximum atomic E-state index is 11.4. The van der Waals surface area contributed by atoms with Gasteiger partial charge in [0.05, 0.1) is 6.20 Å². The third-order valence-corrected chi connectivity index (χ3v) is 1.63. The van der Waals surface area contributed by atoms with Crippen LogP contribution in [0.5, 0.6) is 0 Å². The Labute approximate surface area is 84.9 Å². The molecule has 0 fully saturated rings. The molecule has 2 aromatic heterocycles. The molecule has 76 valence electrons. The van der Waals surface area contributed by atoms with Crippen LogP contribution in [0.2, 0.25) is 0 Å². The van der Waals surface area contributed by atoms with Crippen LogP contribution in [-0.4, -0.2) is 21.1 Å². The Morgan fingerprint density at radius 2 is 2.33 bits per heavy atom. The smallest absolute Gasteiger partial charge is 0.357 e. The van der Waals surface area contributed by atoms with E-state index in [1.54, 1.807) is 6.07 Å². The topological polar surface area (TPSA) is 78.1 Å². The lowest BCUT2D eigenvalue weighted by Gasteiger charge is -2.00. The van der Waals surface area contributed by atoms with Crippen molar-refractivity contribution in [2.75, 3.05) is 0 Å². The average molecular weight is 205 g/mol. The summed E-state index contributed by atoms with van der Waals surface area (Å²) in [4.78, 5) is 18.8. The number of ether oxygens (including phenoxy) is 1. The van der Waals surface area contributed by atoms with Crippen molar-refractivity contribution in [3.05, 3.63) is 42.3 Å². The molecule has 0 unspecified atom stereocenters. The summed E-state index contributed by atoms with van der Waals surface area (Å²) >= 11 is 0. The lowest BCUT2D eigenvalue weighted by Crippen LogP contribution is -2.06. The molecule has 2 rings (SSSR count). The quantitative estimate of drug-likeness (QED) is 0.690. The first-order valence-electron chi connectivity index (χ1n) is 4.19. The first kappa shape index (κ1) is 9.32. The van der Waals surface area contributed by atoms with Crippen LogP contribution in [0.1, 0.15) is 16.2 Å². The highest BCUT2D eigenvalue weighted by Gasteiger charge is 2.09. The summed E-state index contributed by atoms with van der Waals surface area (Å²) in [7, 11) is 0. The van der Waals surface area contributed by atoms with E-state index >= 15 is 0 Å². The number of carbonyl (C=O) groups excluding carboxylic acids is 1. The molecule has 0 radical (unpaired) electrons. The minimum atomic E-state index is -0.520. The van der Waals surface area contributed by atoms with E-state index < -0.39 is 5.97 Å². The van der Waals surface area contributed by atoms with Gasteiger partial charge in [-0.2, -0.15) is 0 Å². The number of hydrogen-bond donors (Lipinski definition) is 0. The molecule has 6 heteroatoms. The number of nitrogens with zero attached hydrogens (tertiary/aromatic N) is 3. The summed E-state index contributed by atoms with van der Waals surface area (Å²) in [5.41, 5.74) is 0.213. The van der Waals surface area contributed by atoms with Gasteiger partial charge < -0.3 is 9.26 Å². The molecule has 6 nitrogen and oxygen atoms in total. The van der Waals surface area contributed by atoms with Gasteiger partial charge in [0.1, 0.15) is 6.33 Å². The second-order valence-corrected chi connectivity index (χ2v) is 2.65. The van der Waals surface area contributed by atoms with Crippen LogP contribution in [0.15, 0.2) is 35.4 Å². The van der Waals surface area contributed by atoms with Crippen molar-refractivity contribution in [3.63, 3.8) is 0 Å². The highest BCUT2D eigenvalue weighted by atomic mass is 16.5. The van der Waals surface area contributed by atoms with Crippen molar-refractivity contribution in [2.45, 2.75) is 6.61 Å². The van der Waals surface area contributed by atoms with Gasteiger partial charge in [0, 0.05) is 12.3 Å². The fraction of sp³-hybridized carbons (Fsp3) is 0.111. The van der Waals surface area contributed by atoms with Crippen LogP contribution in [0.25, 0.3) is 0 Å². The van der Waals surface area contributed by atoms with Crippen LogP contribution < -0.4 is 0 Å². The van der Waals surface area contributed by atoms with Crippen LogP contribution in [0.4, 0.5) is 0 Å². The van der Waals surface area contributed by atoms with Crippen molar-refractivity contribution in [1.29, 1.82) is 0 Å². The lowest BCUT2D eigenvalue weighted by molar-refractivity contribution is 0.0430. The average Bonchev–Trinajstić information content (AvgIpc) is 2.80. The summed E-state index contributed by atoms with van der Waals surface area (Å²) in [6.45, 7) is 0.0445. The number of aromatic nitrogens is 3. The maximum Gasteiger partial charge on any atom is 0.357 e. The van der Waals surface area contributed by atoms with E-state index in [4.69, 9.17) is 9.26 Å². The van der Waals surface area contributed by atoms with Gasteiger partial charge in [-0.3, -0.25) is 0 Å². The Balaban J connectivity index is 1.94. The molecule has 0 aliphatic heterocycles. The van der Waals surface area contributed by atoms with E-state index in [9.17, 15) is 4.79 Å². The summed E-state index contributed by atoms with van der Waals surface area (Å²) in [6.07, 6.45) is 4.23. The normalized spacial score (nSPS) is 9.87. The molecule has 0 aliphatic carbocycles. The zero-order chi connectivity index (χ0) is 10.5. The van der Waals surface area contributed by atoms with Crippen molar-refractivity contribution in [3.8, 4) is 0 Å². The first-order valence-corrected chi connectivity index (χ1v) is 4.19. The number of rotatable bonds is 3. The van der Waals surface area contributed by atoms with Gasteiger partial charge in [-0.1, -0.05) is 5.16 Å². The molecule has 0 saturated heterocycles. The number of carbonyl (C=O) groups is 1. The zero-order valence-electron chi connectivity index (χ0n) is 7.66. The highest BCUT2D eigenvalue weighted by Crippen LogP contribution is 2.02. The summed E-state index contributed by atoms with van der Waals surface area (Å²) in [5, 5.41) is 3.48. The van der Waals surface area contributed by atoms with E-state index in [0.29, 0.717) is 5.76 Å². The second-order valence-electron chi connectivity index (χ2n) is 2.65. The predicted octanol–water partition coefficient (Wildman–Crippen LogP) is 0.822. The minimum absolute atomic E-state index is 0.0445. The molecule has 0 N–H and O–H groups in total. The Bertz CT molecular complexity index is 427. The first-order chi connectivity index (χ1) is 7.36. The molecule has 0 aromatic carbocycles. The van der Waals surface area contributed by atoms with Crippen molar-refractivity contribution in [1.82, 2.24) is 15.1 Å². The molecule has 2 aromatic rings. The standard InChI is InChI=1S/C9H7N3O3/c13-9(8-2-3-10-6-11-8)14-5-7-1-4-12-15-7/h1-4,6H,5H2. The monoisotopic (exact) mass is 205 g/mol.